The second-order valence-electron chi connectivity index (χ2n) is 4.32. The highest BCUT2D eigenvalue weighted by Gasteiger charge is 2.32. The fourth-order valence-electron chi connectivity index (χ4n) is 1.79. The Labute approximate surface area is 120 Å². The molecule has 3 N–H and O–H groups in total. The van der Waals surface area contributed by atoms with Crippen LogP contribution in [0.3, 0.4) is 0 Å². The Hall–Kier alpha value is -1.96. The molecule has 0 spiro atoms. The number of anilines is 1. The molecule has 0 saturated carbocycles. The van der Waals surface area contributed by atoms with Gasteiger partial charge >= 0.3 is 6.36 Å². The lowest BCUT2D eigenvalue weighted by atomic mass is 10.1. The molecule has 0 aliphatic rings. The summed E-state index contributed by atoms with van der Waals surface area (Å²) in [4.78, 5) is 13.6. The van der Waals surface area contributed by atoms with Crippen LogP contribution in [0.4, 0.5) is 18.9 Å². The largest absolute Gasteiger partial charge is 0.573 e. The molecule has 0 aliphatic carbocycles. The second-order valence-corrected chi connectivity index (χ2v) is 4.32. The van der Waals surface area contributed by atoms with Gasteiger partial charge in [0, 0.05) is 18.7 Å². The van der Waals surface area contributed by atoms with Gasteiger partial charge < -0.3 is 20.5 Å². The third-order valence-electron chi connectivity index (χ3n) is 2.63. The number of nitrogens with zero attached hydrogens (tertiary/aromatic N) is 1. The van der Waals surface area contributed by atoms with E-state index in [0.29, 0.717) is 13.0 Å². The maximum absolute atomic E-state index is 12.2. The second kappa shape index (κ2) is 7.16. The van der Waals surface area contributed by atoms with E-state index >= 15 is 0 Å². The van der Waals surface area contributed by atoms with Crippen molar-refractivity contribution in [2.75, 3.05) is 25.4 Å². The number of ether oxygens (including phenoxy) is 1. The first kappa shape index (κ1) is 17.1. The Balaban J connectivity index is 2.93. The summed E-state index contributed by atoms with van der Waals surface area (Å²) in [5.74, 6) is -0.959. The molecule has 1 aromatic carbocycles. The van der Waals surface area contributed by atoms with Crippen LogP contribution in [-0.2, 0) is 0 Å². The van der Waals surface area contributed by atoms with Gasteiger partial charge in [-0.25, -0.2) is 0 Å². The van der Waals surface area contributed by atoms with Gasteiger partial charge in [0.1, 0.15) is 0 Å². The number of nitrogen functional groups attached to an aromatic ring is 1. The van der Waals surface area contributed by atoms with Crippen molar-refractivity contribution < 1.29 is 27.8 Å². The van der Waals surface area contributed by atoms with E-state index in [1.807, 2.05) is 6.92 Å². The monoisotopic (exact) mass is 306 g/mol. The van der Waals surface area contributed by atoms with E-state index in [4.69, 9.17) is 10.8 Å². The third kappa shape index (κ3) is 5.14. The maximum Gasteiger partial charge on any atom is 0.573 e. The molecule has 1 aromatic rings. The Morgan fingerprint density at radius 1 is 1.38 bits per heavy atom. The summed E-state index contributed by atoms with van der Waals surface area (Å²) < 4.78 is 40.1. The minimum absolute atomic E-state index is 0.143. The van der Waals surface area contributed by atoms with E-state index in [1.165, 1.54) is 11.0 Å². The zero-order valence-electron chi connectivity index (χ0n) is 11.5. The van der Waals surface area contributed by atoms with E-state index in [2.05, 4.69) is 4.74 Å². The molecule has 0 bridgehead atoms. The first-order valence-electron chi connectivity index (χ1n) is 6.34. The molecular formula is C13H17F3N2O3. The fraction of sp³-hybridized carbons (Fsp3) is 0.462. The van der Waals surface area contributed by atoms with Crippen molar-refractivity contribution in [1.82, 2.24) is 4.90 Å². The Kier molecular flexibility index (Phi) is 5.83. The molecule has 0 aromatic heterocycles. The Bertz CT molecular complexity index is 486. The van der Waals surface area contributed by atoms with E-state index < -0.39 is 18.0 Å². The average molecular weight is 306 g/mol. The highest BCUT2D eigenvalue weighted by atomic mass is 19.4. The van der Waals surface area contributed by atoms with Gasteiger partial charge in [0.15, 0.2) is 5.75 Å². The Morgan fingerprint density at radius 3 is 2.52 bits per heavy atom. The van der Waals surface area contributed by atoms with Crippen LogP contribution in [0.1, 0.15) is 23.7 Å². The first-order chi connectivity index (χ1) is 9.78. The highest BCUT2D eigenvalue weighted by molar-refractivity contribution is 5.95. The van der Waals surface area contributed by atoms with Crippen molar-refractivity contribution >= 4 is 11.6 Å². The summed E-state index contributed by atoms with van der Waals surface area (Å²) in [7, 11) is 0. The number of aliphatic hydroxyl groups excluding tert-OH is 1. The lowest BCUT2D eigenvalue weighted by Crippen LogP contribution is -2.34. The topological polar surface area (TPSA) is 75.8 Å². The number of halogens is 3. The first-order valence-corrected chi connectivity index (χ1v) is 6.34. The SMILES string of the molecule is CCCN(CCO)C(=O)c1ccc(OC(F)(F)F)c(N)c1. The predicted molar refractivity (Wildman–Crippen MR) is 70.8 cm³/mol. The minimum Gasteiger partial charge on any atom is -0.404 e. The number of nitrogens with two attached hydrogens (primary N) is 1. The summed E-state index contributed by atoms with van der Waals surface area (Å²) in [5, 5.41) is 8.92. The van der Waals surface area contributed by atoms with Crippen LogP contribution in [0.25, 0.3) is 0 Å². The van der Waals surface area contributed by atoms with Crippen LogP contribution in [0.15, 0.2) is 18.2 Å². The lowest BCUT2D eigenvalue weighted by molar-refractivity contribution is -0.274. The molecule has 1 rings (SSSR count). The average Bonchev–Trinajstić information content (AvgIpc) is 2.38. The van der Waals surface area contributed by atoms with Gasteiger partial charge in [0.2, 0.25) is 0 Å². The van der Waals surface area contributed by atoms with Crippen molar-refractivity contribution in [3.05, 3.63) is 23.8 Å². The molecule has 8 heteroatoms. The van der Waals surface area contributed by atoms with Gasteiger partial charge in [-0.1, -0.05) is 6.92 Å². The standard InChI is InChI=1S/C13H17F3N2O3/c1-2-5-18(6-7-19)12(20)9-3-4-11(10(17)8-9)21-13(14,15)16/h3-4,8,19H,2,5-7,17H2,1H3. The number of rotatable bonds is 6. The molecule has 21 heavy (non-hydrogen) atoms. The molecule has 0 unspecified atom stereocenters. The number of aliphatic hydroxyl groups is 1. The summed E-state index contributed by atoms with van der Waals surface area (Å²) in [6.45, 7) is 2.25. The summed E-state index contributed by atoms with van der Waals surface area (Å²) >= 11 is 0. The molecule has 1 amide bonds. The molecule has 0 fully saturated rings. The number of carbonyl (C=O) groups is 1. The van der Waals surface area contributed by atoms with Crippen molar-refractivity contribution in [2.24, 2.45) is 0 Å². The van der Waals surface area contributed by atoms with Gasteiger partial charge in [-0.15, -0.1) is 13.2 Å². The van der Waals surface area contributed by atoms with E-state index in [9.17, 15) is 18.0 Å². The fourth-order valence-corrected chi connectivity index (χ4v) is 1.79. The molecule has 0 saturated heterocycles. The van der Waals surface area contributed by atoms with Crippen LogP contribution >= 0.6 is 0 Å². The lowest BCUT2D eigenvalue weighted by Gasteiger charge is -2.21. The zero-order chi connectivity index (χ0) is 16.0. The number of hydrogen-bond donors (Lipinski definition) is 2. The Morgan fingerprint density at radius 2 is 2.05 bits per heavy atom. The van der Waals surface area contributed by atoms with E-state index in [1.54, 1.807) is 0 Å². The van der Waals surface area contributed by atoms with Gasteiger partial charge in [-0.3, -0.25) is 4.79 Å². The normalized spacial score (nSPS) is 11.3. The van der Waals surface area contributed by atoms with E-state index in [0.717, 1.165) is 12.1 Å². The number of benzene rings is 1. The number of amides is 1. The van der Waals surface area contributed by atoms with Gasteiger partial charge in [-0.05, 0) is 24.6 Å². The smallest absolute Gasteiger partial charge is 0.404 e. The molecule has 0 atom stereocenters. The van der Waals surface area contributed by atoms with E-state index in [-0.39, 0.29) is 24.4 Å². The van der Waals surface area contributed by atoms with Crippen LogP contribution in [0.5, 0.6) is 5.75 Å². The highest BCUT2D eigenvalue weighted by Crippen LogP contribution is 2.29. The predicted octanol–water partition coefficient (Wildman–Crippen LogP) is 2.01. The van der Waals surface area contributed by atoms with Crippen molar-refractivity contribution in [3.8, 4) is 5.75 Å². The van der Waals surface area contributed by atoms with Gasteiger partial charge in [0.25, 0.3) is 5.91 Å². The van der Waals surface area contributed by atoms with Crippen LogP contribution in [-0.4, -0.2) is 42.0 Å². The summed E-state index contributed by atoms with van der Waals surface area (Å²) in [5.41, 5.74) is 5.33. The number of hydrogen-bond acceptors (Lipinski definition) is 4. The van der Waals surface area contributed by atoms with Crippen LogP contribution in [0.2, 0.25) is 0 Å². The molecular weight excluding hydrogens is 289 g/mol. The molecule has 0 aliphatic heterocycles. The minimum atomic E-state index is -4.84. The van der Waals surface area contributed by atoms with Gasteiger partial charge in [-0.2, -0.15) is 0 Å². The third-order valence-corrected chi connectivity index (χ3v) is 2.63. The molecule has 0 radical (unpaired) electrons. The zero-order valence-corrected chi connectivity index (χ0v) is 11.5. The summed E-state index contributed by atoms with van der Waals surface area (Å²) in [6.07, 6.45) is -4.15. The van der Waals surface area contributed by atoms with Crippen molar-refractivity contribution in [3.63, 3.8) is 0 Å². The molecule has 0 heterocycles. The molecule has 118 valence electrons. The van der Waals surface area contributed by atoms with Crippen LogP contribution < -0.4 is 10.5 Å². The van der Waals surface area contributed by atoms with Gasteiger partial charge in [0.05, 0.1) is 12.3 Å². The molecule has 5 nitrogen and oxygen atoms in total. The maximum atomic E-state index is 12.2. The van der Waals surface area contributed by atoms with Crippen molar-refractivity contribution in [1.29, 1.82) is 0 Å². The quantitative estimate of drug-likeness (QED) is 0.788. The van der Waals surface area contributed by atoms with Crippen molar-refractivity contribution in [2.45, 2.75) is 19.7 Å². The number of carbonyl (C=O) groups excluding carboxylic acids is 1. The number of alkyl halides is 3. The van der Waals surface area contributed by atoms with Crippen LogP contribution in [0, 0.1) is 0 Å². The summed E-state index contributed by atoms with van der Waals surface area (Å²) in [6, 6.07) is 3.34.